The second kappa shape index (κ2) is 6.01. The highest BCUT2D eigenvalue weighted by Crippen LogP contribution is 2.24. The summed E-state index contributed by atoms with van der Waals surface area (Å²) in [6.07, 6.45) is 1.72. The molecule has 2 aromatic rings. The van der Waals surface area contributed by atoms with E-state index in [2.05, 4.69) is 10.3 Å². The first-order valence-electron chi connectivity index (χ1n) is 7.74. The minimum Gasteiger partial charge on any atom is -0.339 e. The van der Waals surface area contributed by atoms with Crippen molar-refractivity contribution in [3.05, 3.63) is 36.5 Å². The van der Waals surface area contributed by atoms with Crippen LogP contribution in [0.15, 0.2) is 36.5 Å². The first-order valence-corrected chi connectivity index (χ1v) is 9.39. The van der Waals surface area contributed by atoms with Gasteiger partial charge in [-0.3, -0.25) is 4.79 Å². The second-order valence-corrected chi connectivity index (χ2v) is 9.30. The van der Waals surface area contributed by atoms with E-state index >= 15 is 0 Å². The molecule has 0 atom stereocenters. The average molecular weight is 348 g/mol. The largest absolute Gasteiger partial charge is 0.339 e. The van der Waals surface area contributed by atoms with Gasteiger partial charge in [-0.15, -0.1) is 5.10 Å². The normalized spacial score (nSPS) is 19.2. The molecule has 0 aliphatic carbocycles. The topological polar surface area (TPSA) is 85.2 Å². The van der Waals surface area contributed by atoms with E-state index in [1.54, 1.807) is 24.9 Å². The van der Waals surface area contributed by atoms with Crippen LogP contribution >= 0.6 is 0 Å². The van der Waals surface area contributed by atoms with Crippen LogP contribution < -0.4 is 0 Å². The minimum absolute atomic E-state index is 0.00162. The fraction of sp³-hybridized carbons (Fsp3) is 0.438. The Hall–Kier alpha value is -2.22. The molecule has 0 radical (unpaired) electrons. The van der Waals surface area contributed by atoms with Crippen LogP contribution in [0.1, 0.15) is 13.8 Å². The Morgan fingerprint density at radius 1 is 1.25 bits per heavy atom. The molecule has 0 bridgehead atoms. The number of hydrogen-bond acceptors (Lipinski definition) is 5. The fourth-order valence-electron chi connectivity index (χ4n) is 2.71. The van der Waals surface area contributed by atoms with E-state index in [9.17, 15) is 13.2 Å². The van der Waals surface area contributed by atoms with Crippen molar-refractivity contribution in [3.63, 3.8) is 0 Å². The molecule has 2 heterocycles. The van der Waals surface area contributed by atoms with Gasteiger partial charge < -0.3 is 4.90 Å². The van der Waals surface area contributed by atoms with E-state index < -0.39 is 14.6 Å². The van der Waals surface area contributed by atoms with Crippen LogP contribution in [0.2, 0.25) is 0 Å². The summed E-state index contributed by atoms with van der Waals surface area (Å²) < 4.78 is 24.6. The van der Waals surface area contributed by atoms with Gasteiger partial charge in [-0.1, -0.05) is 35.5 Å². The van der Waals surface area contributed by atoms with Crippen molar-refractivity contribution in [1.29, 1.82) is 0 Å². The third-order valence-electron chi connectivity index (χ3n) is 4.30. The van der Waals surface area contributed by atoms with Crippen LogP contribution in [0.5, 0.6) is 0 Å². The van der Waals surface area contributed by atoms with Gasteiger partial charge in [0.05, 0.1) is 16.7 Å². The number of hydrogen-bond donors (Lipinski definition) is 0. The average Bonchev–Trinajstić information content (AvgIpc) is 2.99. The zero-order valence-electron chi connectivity index (χ0n) is 13.7. The molecule has 1 aliphatic rings. The lowest BCUT2D eigenvalue weighted by Crippen LogP contribution is -2.55. The molecule has 8 heteroatoms. The minimum atomic E-state index is -3.16. The lowest BCUT2D eigenvalue weighted by atomic mass is 10.2. The molecule has 1 aromatic carbocycles. The van der Waals surface area contributed by atoms with E-state index in [1.807, 2.05) is 30.3 Å². The second-order valence-electron chi connectivity index (χ2n) is 6.56. The number of amides is 1. The van der Waals surface area contributed by atoms with Gasteiger partial charge >= 0.3 is 0 Å². The summed E-state index contributed by atoms with van der Waals surface area (Å²) in [4.78, 5) is 14.0. The number of benzene rings is 1. The molecule has 1 aromatic heterocycles. The molecular formula is C16H20N4O3S. The van der Waals surface area contributed by atoms with E-state index in [0.717, 1.165) is 5.56 Å². The Bertz CT molecular complexity index is 843. The zero-order chi connectivity index (χ0) is 17.4. The van der Waals surface area contributed by atoms with E-state index in [0.29, 0.717) is 5.69 Å². The summed E-state index contributed by atoms with van der Waals surface area (Å²) >= 11 is 0. The summed E-state index contributed by atoms with van der Waals surface area (Å²) in [5.74, 6) is -0.152. The van der Waals surface area contributed by atoms with Crippen molar-refractivity contribution in [3.8, 4) is 11.3 Å². The number of carbonyl (C=O) groups excluding carboxylic acids is 1. The predicted molar refractivity (Wildman–Crippen MR) is 89.9 cm³/mol. The van der Waals surface area contributed by atoms with Gasteiger partial charge in [-0.25, -0.2) is 13.1 Å². The van der Waals surface area contributed by atoms with Gasteiger partial charge in [-0.2, -0.15) is 0 Å². The molecule has 0 unspecified atom stereocenters. The Morgan fingerprint density at radius 3 is 2.62 bits per heavy atom. The van der Waals surface area contributed by atoms with Gasteiger partial charge in [0.2, 0.25) is 5.91 Å². The monoisotopic (exact) mass is 348 g/mol. The van der Waals surface area contributed by atoms with Crippen molar-refractivity contribution >= 4 is 15.7 Å². The SMILES string of the molecule is CC1(C)CN(C(=O)Cn2cc(-c3ccccc3)nn2)CCS1(=O)=O. The number of aromatic nitrogens is 3. The molecule has 0 spiro atoms. The van der Waals surface area contributed by atoms with Gasteiger partial charge in [0, 0.05) is 18.7 Å². The first-order chi connectivity index (χ1) is 11.3. The van der Waals surface area contributed by atoms with E-state index in [4.69, 9.17) is 0 Å². The summed E-state index contributed by atoms with van der Waals surface area (Å²) in [6, 6.07) is 9.59. The van der Waals surface area contributed by atoms with Crippen molar-refractivity contribution in [2.75, 3.05) is 18.8 Å². The lowest BCUT2D eigenvalue weighted by molar-refractivity contribution is -0.132. The molecule has 1 saturated heterocycles. The molecule has 128 valence electrons. The Morgan fingerprint density at radius 2 is 1.96 bits per heavy atom. The number of nitrogens with zero attached hydrogens (tertiary/aromatic N) is 4. The zero-order valence-corrected chi connectivity index (χ0v) is 14.5. The molecule has 1 amide bonds. The van der Waals surface area contributed by atoms with Crippen LogP contribution in [0.25, 0.3) is 11.3 Å². The maximum Gasteiger partial charge on any atom is 0.244 e. The van der Waals surface area contributed by atoms with Gasteiger partial charge in [0.15, 0.2) is 9.84 Å². The standard InChI is InChI=1S/C16H20N4O3S/c1-16(2)12-19(8-9-24(16,22)23)15(21)11-20-10-14(17-18-20)13-6-4-3-5-7-13/h3-7,10H,8-9,11-12H2,1-2H3. The van der Waals surface area contributed by atoms with Crippen LogP contribution in [0, 0.1) is 0 Å². The Kier molecular flexibility index (Phi) is 4.16. The predicted octanol–water partition coefficient (Wildman–Crippen LogP) is 0.981. The summed E-state index contributed by atoms with van der Waals surface area (Å²) in [5, 5.41) is 8.08. The first kappa shape index (κ1) is 16.6. The van der Waals surface area contributed by atoms with Crippen molar-refractivity contribution in [2.24, 2.45) is 0 Å². The molecule has 0 saturated carbocycles. The number of rotatable bonds is 3. The van der Waals surface area contributed by atoms with E-state index in [-0.39, 0.29) is 31.3 Å². The van der Waals surface area contributed by atoms with Gasteiger partial charge in [0.1, 0.15) is 12.2 Å². The van der Waals surface area contributed by atoms with Crippen LogP contribution in [-0.4, -0.2) is 57.8 Å². The Labute approximate surface area is 141 Å². The van der Waals surface area contributed by atoms with Crippen LogP contribution in [0.4, 0.5) is 0 Å². The van der Waals surface area contributed by atoms with Gasteiger partial charge in [-0.05, 0) is 13.8 Å². The van der Waals surface area contributed by atoms with Crippen molar-refractivity contribution < 1.29 is 13.2 Å². The maximum absolute atomic E-state index is 12.5. The summed E-state index contributed by atoms with van der Waals surface area (Å²) in [7, 11) is -3.16. The lowest BCUT2D eigenvalue weighted by Gasteiger charge is -2.37. The summed E-state index contributed by atoms with van der Waals surface area (Å²) in [5.41, 5.74) is 1.63. The quantitative estimate of drug-likeness (QED) is 0.825. The van der Waals surface area contributed by atoms with Crippen molar-refractivity contribution in [2.45, 2.75) is 25.1 Å². The molecule has 1 fully saturated rings. The number of sulfone groups is 1. The van der Waals surface area contributed by atoms with Crippen molar-refractivity contribution in [1.82, 2.24) is 19.9 Å². The number of carbonyl (C=O) groups is 1. The maximum atomic E-state index is 12.5. The highest BCUT2D eigenvalue weighted by molar-refractivity contribution is 7.92. The molecular weight excluding hydrogens is 328 g/mol. The molecule has 0 N–H and O–H groups in total. The molecule has 7 nitrogen and oxygen atoms in total. The smallest absolute Gasteiger partial charge is 0.244 e. The molecule has 3 rings (SSSR count). The Balaban J connectivity index is 1.69. The molecule has 24 heavy (non-hydrogen) atoms. The third-order valence-corrected chi connectivity index (χ3v) is 6.83. The van der Waals surface area contributed by atoms with Crippen LogP contribution in [0.3, 0.4) is 0 Å². The fourth-order valence-corrected chi connectivity index (χ4v) is 4.08. The molecule has 1 aliphatic heterocycles. The van der Waals surface area contributed by atoms with E-state index in [1.165, 1.54) is 4.68 Å². The van der Waals surface area contributed by atoms with Gasteiger partial charge in [0.25, 0.3) is 0 Å². The highest BCUT2D eigenvalue weighted by Gasteiger charge is 2.41. The third kappa shape index (κ3) is 3.19. The summed E-state index contributed by atoms with van der Waals surface area (Å²) in [6.45, 7) is 3.80. The highest BCUT2D eigenvalue weighted by atomic mass is 32.2. The van der Waals surface area contributed by atoms with Crippen LogP contribution in [-0.2, 0) is 21.2 Å².